The van der Waals surface area contributed by atoms with E-state index in [4.69, 9.17) is 14.1 Å². The van der Waals surface area contributed by atoms with Gasteiger partial charge in [-0.05, 0) is 55.7 Å². The molecule has 0 N–H and O–H groups in total. The molecule has 148 valence electrons. The standard InChI is InChI=1S/C21H24N2O3S2/c1-13-6-7-16-17(10-13)28-19-18(16)20(24)23(11-14-4-2-8-25-14)21(22-19)27-12-15-5-3-9-26-15/h2,4,8,13,15H,3,5-7,9-12H2,1H3/t13-,15+/m1/s1. The molecule has 28 heavy (non-hydrogen) atoms. The Morgan fingerprint density at radius 2 is 2.32 bits per heavy atom. The molecule has 5 rings (SSSR count). The lowest BCUT2D eigenvalue weighted by Gasteiger charge is -2.17. The van der Waals surface area contributed by atoms with Crippen LogP contribution < -0.4 is 5.56 Å². The summed E-state index contributed by atoms with van der Waals surface area (Å²) in [4.78, 5) is 20.7. The number of thioether (sulfide) groups is 1. The van der Waals surface area contributed by atoms with Crippen molar-refractivity contribution in [3.05, 3.63) is 45.0 Å². The second-order valence-electron chi connectivity index (χ2n) is 7.84. The van der Waals surface area contributed by atoms with Crippen molar-refractivity contribution in [1.82, 2.24) is 9.55 Å². The fourth-order valence-corrected chi connectivity index (χ4v) is 6.64. The summed E-state index contributed by atoms with van der Waals surface area (Å²) in [7, 11) is 0. The van der Waals surface area contributed by atoms with E-state index in [1.165, 1.54) is 10.4 Å². The lowest BCUT2D eigenvalue weighted by Crippen LogP contribution is -2.25. The van der Waals surface area contributed by atoms with Crippen molar-refractivity contribution >= 4 is 33.3 Å². The summed E-state index contributed by atoms with van der Waals surface area (Å²) < 4.78 is 13.1. The molecule has 7 heteroatoms. The topological polar surface area (TPSA) is 57.3 Å². The Balaban J connectivity index is 1.58. The van der Waals surface area contributed by atoms with E-state index in [1.54, 1.807) is 33.9 Å². The second-order valence-corrected chi connectivity index (χ2v) is 9.91. The van der Waals surface area contributed by atoms with Gasteiger partial charge in [0, 0.05) is 17.2 Å². The molecule has 1 fully saturated rings. The molecule has 0 bridgehead atoms. The molecule has 3 aromatic rings. The third-order valence-corrected chi connectivity index (χ3v) is 7.95. The molecule has 1 aliphatic heterocycles. The van der Waals surface area contributed by atoms with Gasteiger partial charge in [-0.15, -0.1) is 11.3 Å². The molecule has 3 aromatic heterocycles. The second kappa shape index (κ2) is 7.69. The minimum atomic E-state index is 0.0725. The van der Waals surface area contributed by atoms with Crippen molar-refractivity contribution in [1.29, 1.82) is 0 Å². The molecule has 1 aliphatic carbocycles. The summed E-state index contributed by atoms with van der Waals surface area (Å²) in [6, 6.07) is 3.77. The third-order valence-electron chi connectivity index (χ3n) is 5.70. The van der Waals surface area contributed by atoms with E-state index < -0.39 is 0 Å². The van der Waals surface area contributed by atoms with Gasteiger partial charge in [-0.3, -0.25) is 9.36 Å². The molecule has 1 saturated heterocycles. The monoisotopic (exact) mass is 416 g/mol. The molecule has 0 saturated carbocycles. The van der Waals surface area contributed by atoms with Gasteiger partial charge in [-0.1, -0.05) is 18.7 Å². The minimum Gasteiger partial charge on any atom is -0.467 e. The Kier molecular flexibility index (Phi) is 5.07. The molecule has 0 radical (unpaired) electrons. The van der Waals surface area contributed by atoms with Crippen LogP contribution in [0.2, 0.25) is 0 Å². The summed E-state index contributed by atoms with van der Waals surface area (Å²) >= 11 is 3.35. The first-order valence-electron chi connectivity index (χ1n) is 10.0. The predicted octanol–water partition coefficient (Wildman–Crippen LogP) is 4.50. The first kappa shape index (κ1) is 18.5. The quantitative estimate of drug-likeness (QED) is 0.453. The minimum absolute atomic E-state index is 0.0725. The van der Waals surface area contributed by atoms with Gasteiger partial charge in [0.05, 0.1) is 24.3 Å². The number of furan rings is 1. The van der Waals surface area contributed by atoms with Crippen LogP contribution in [0.1, 0.15) is 42.4 Å². The zero-order chi connectivity index (χ0) is 19.1. The molecule has 0 unspecified atom stereocenters. The van der Waals surface area contributed by atoms with Gasteiger partial charge in [0.25, 0.3) is 5.56 Å². The Bertz CT molecular complexity index is 1030. The molecule has 4 heterocycles. The maximum atomic E-state index is 13.5. The van der Waals surface area contributed by atoms with Gasteiger partial charge >= 0.3 is 0 Å². The highest BCUT2D eigenvalue weighted by atomic mass is 32.2. The van der Waals surface area contributed by atoms with Gasteiger partial charge in [0.1, 0.15) is 10.6 Å². The normalized spacial score (nSPS) is 22.0. The van der Waals surface area contributed by atoms with Gasteiger partial charge < -0.3 is 9.15 Å². The van der Waals surface area contributed by atoms with Crippen molar-refractivity contribution < 1.29 is 9.15 Å². The Labute approximate surface area is 172 Å². The lowest BCUT2D eigenvalue weighted by atomic mass is 9.89. The molecular formula is C21H24N2O3S2. The van der Waals surface area contributed by atoms with Crippen LogP contribution in [0.25, 0.3) is 10.2 Å². The average molecular weight is 417 g/mol. The lowest BCUT2D eigenvalue weighted by molar-refractivity contribution is 0.129. The molecular weight excluding hydrogens is 392 g/mol. The van der Waals surface area contributed by atoms with Gasteiger partial charge in [-0.2, -0.15) is 0 Å². The van der Waals surface area contributed by atoms with Gasteiger partial charge in [-0.25, -0.2) is 4.98 Å². The summed E-state index contributed by atoms with van der Waals surface area (Å²) in [6.07, 6.45) is 7.30. The Morgan fingerprint density at radius 1 is 1.39 bits per heavy atom. The molecule has 2 aliphatic rings. The molecule has 0 amide bonds. The number of hydrogen-bond acceptors (Lipinski definition) is 6. The van der Waals surface area contributed by atoms with Crippen molar-refractivity contribution in [3.63, 3.8) is 0 Å². The SMILES string of the molecule is C[C@@H]1CCc2c(sc3nc(SC[C@@H]4CCCO4)n(Cc4ccco4)c(=O)c23)C1. The highest BCUT2D eigenvalue weighted by Crippen LogP contribution is 2.36. The van der Waals surface area contributed by atoms with Gasteiger partial charge in [0.2, 0.25) is 0 Å². The van der Waals surface area contributed by atoms with Crippen LogP contribution >= 0.6 is 23.1 Å². The fraction of sp³-hybridized carbons (Fsp3) is 0.524. The zero-order valence-electron chi connectivity index (χ0n) is 16.0. The largest absolute Gasteiger partial charge is 0.467 e. The summed E-state index contributed by atoms with van der Waals surface area (Å²) in [6.45, 7) is 3.55. The number of hydrogen-bond donors (Lipinski definition) is 0. The molecule has 5 nitrogen and oxygen atoms in total. The highest BCUT2D eigenvalue weighted by Gasteiger charge is 2.25. The first-order valence-corrected chi connectivity index (χ1v) is 11.8. The van der Waals surface area contributed by atoms with Crippen molar-refractivity contribution in [3.8, 4) is 0 Å². The number of ether oxygens (including phenoxy) is 1. The molecule has 0 spiro atoms. The zero-order valence-corrected chi connectivity index (χ0v) is 17.6. The number of nitrogens with zero attached hydrogens (tertiary/aromatic N) is 2. The fourth-order valence-electron chi connectivity index (χ4n) is 4.16. The maximum absolute atomic E-state index is 13.5. The van der Waals surface area contributed by atoms with Crippen molar-refractivity contribution in [2.24, 2.45) is 5.92 Å². The maximum Gasteiger partial charge on any atom is 0.263 e. The highest BCUT2D eigenvalue weighted by molar-refractivity contribution is 7.99. The van der Waals surface area contributed by atoms with Crippen LogP contribution in [-0.2, 0) is 24.1 Å². The summed E-state index contributed by atoms with van der Waals surface area (Å²) in [5, 5.41) is 1.61. The van der Waals surface area contributed by atoms with Crippen molar-refractivity contribution in [2.45, 2.75) is 56.8 Å². The van der Waals surface area contributed by atoms with Crippen LogP contribution in [-0.4, -0.2) is 28.0 Å². The number of thiophene rings is 1. The number of rotatable bonds is 5. The summed E-state index contributed by atoms with van der Waals surface area (Å²) in [5.74, 6) is 2.29. The third kappa shape index (κ3) is 3.44. The van der Waals surface area contributed by atoms with E-state index in [-0.39, 0.29) is 11.7 Å². The van der Waals surface area contributed by atoms with E-state index >= 15 is 0 Å². The van der Waals surface area contributed by atoms with E-state index in [1.807, 2.05) is 12.1 Å². The van der Waals surface area contributed by atoms with E-state index in [9.17, 15) is 4.79 Å². The smallest absolute Gasteiger partial charge is 0.263 e. The van der Waals surface area contributed by atoms with E-state index in [0.717, 1.165) is 65.6 Å². The Morgan fingerprint density at radius 3 is 3.11 bits per heavy atom. The first-order chi connectivity index (χ1) is 13.7. The molecule has 2 atom stereocenters. The van der Waals surface area contributed by atoms with E-state index in [0.29, 0.717) is 12.5 Å². The predicted molar refractivity (Wildman–Crippen MR) is 113 cm³/mol. The summed E-state index contributed by atoms with van der Waals surface area (Å²) in [5.41, 5.74) is 1.31. The number of aryl methyl sites for hydroxylation is 1. The average Bonchev–Trinajstić information content (AvgIpc) is 3.42. The van der Waals surface area contributed by atoms with Crippen LogP contribution in [0.4, 0.5) is 0 Å². The van der Waals surface area contributed by atoms with Crippen LogP contribution in [0.15, 0.2) is 32.8 Å². The van der Waals surface area contributed by atoms with E-state index in [2.05, 4.69) is 6.92 Å². The van der Waals surface area contributed by atoms with Crippen LogP contribution in [0.5, 0.6) is 0 Å². The van der Waals surface area contributed by atoms with Gasteiger partial charge in [0.15, 0.2) is 5.16 Å². The number of aromatic nitrogens is 2. The number of fused-ring (bicyclic) bond motifs is 3. The van der Waals surface area contributed by atoms with Crippen LogP contribution in [0, 0.1) is 5.92 Å². The van der Waals surface area contributed by atoms with Crippen LogP contribution in [0.3, 0.4) is 0 Å². The van der Waals surface area contributed by atoms with Crippen molar-refractivity contribution in [2.75, 3.05) is 12.4 Å². The Hall–Kier alpha value is -1.57. The molecule has 0 aromatic carbocycles.